The number of nitrogens with one attached hydrogen (secondary N) is 1. The molecule has 0 radical (unpaired) electrons. The Bertz CT molecular complexity index is 1000. The topological polar surface area (TPSA) is 68.0 Å². The Balaban J connectivity index is 1.59. The molecule has 9 heteroatoms. The summed E-state index contributed by atoms with van der Waals surface area (Å²) < 4.78 is 44.4. The van der Waals surface area contributed by atoms with E-state index in [-0.39, 0.29) is 11.4 Å². The number of hydrogen-bond donors (Lipinski definition) is 1. The van der Waals surface area contributed by atoms with Gasteiger partial charge in [-0.3, -0.25) is 4.79 Å². The van der Waals surface area contributed by atoms with Crippen LogP contribution in [-0.4, -0.2) is 21.3 Å². The first kappa shape index (κ1) is 21.9. The average molecular weight is 435 g/mol. The van der Waals surface area contributed by atoms with E-state index >= 15 is 0 Å². The molecule has 0 bridgehead atoms. The van der Waals surface area contributed by atoms with Gasteiger partial charge in [-0.1, -0.05) is 48.5 Å². The van der Waals surface area contributed by atoms with Gasteiger partial charge in [0.15, 0.2) is 0 Å². The summed E-state index contributed by atoms with van der Waals surface area (Å²) in [5, 5.41) is 5.67. The van der Waals surface area contributed by atoms with Gasteiger partial charge in [0.2, 0.25) is 17.6 Å². The lowest BCUT2D eigenvalue weighted by molar-refractivity contribution is -0.137. The first-order valence-corrected chi connectivity index (χ1v) is 10.3. The number of rotatable bonds is 7. The normalized spacial score (nSPS) is 12.6. The number of carbonyl (C=O) groups excluding carboxylic acids is 1. The highest BCUT2D eigenvalue weighted by molar-refractivity contribution is 7.99. The van der Waals surface area contributed by atoms with E-state index in [9.17, 15) is 18.0 Å². The molecule has 1 atom stereocenters. The van der Waals surface area contributed by atoms with Crippen LogP contribution in [0.5, 0.6) is 0 Å². The number of aryl methyl sites for hydroxylation is 1. The zero-order valence-corrected chi connectivity index (χ0v) is 17.2. The summed E-state index contributed by atoms with van der Waals surface area (Å²) >= 11 is 1.20. The number of halogens is 3. The number of thioether (sulfide) groups is 1. The van der Waals surface area contributed by atoms with Crippen molar-refractivity contribution in [2.45, 2.75) is 37.4 Å². The smallest absolute Gasteiger partial charge is 0.338 e. The minimum absolute atomic E-state index is 0.259. The summed E-state index contributed by atoms with van der Waals surface area (Å²) in [6.07, 6.45) is -3.61. The fourth-order valence-corrected chi connectivity index (χ4v) is 3.39. The standard InChI is InChI=1S/C21H20F3N3O2S/c1-3-14-8-10-15(11-9-14)19-26-18(29-27-19)12-30-13(2)20(28)25-17-7-5-4-6-16(17)21(22,23)24/h4-11,13H,3,12H2,1-2H3,(H,25,28). The van der Waals surface area contributed by atoms with Gasteiger partial charge < -0.3 is 9.84 Å². The second-order valence-electron chi connectivity index (χ2n) is 6.55. The highest BCUT2D eigenvalue weighted by Gasteiger charge is 2.33. The molecule has 0 saturated carbocycles. The van der Waals surface area contributed by atoms with Crippen molar-refractivity contribution in [1.82, 2.24) is 10.1 Å². The van der Waals surface area contributed by atoms with Crippen LogP contribution in [0, 0.1) is 0 Å². The predicted molar refractivity (Wildman–Crippen MR) is 110 cm³/mol. The maximum Gasteiger partial charge on any atom is 0.418 e. The third kappa shape index (κ3) is 5.41. The molecule has 3 rings (SSSR count). The van der Waals surface area contributed by atoms with Crippen LogP contribution in [0.1, 0.15) is 30.9 Å². The first-order valence-electron chi connectivity index (χ1n) is 9.28. The van der Waals surface area contributed by atoms with E-state index in [0.717, 1.165) is 18.1 Å². The number of aromatic nitrogens is 2. The number of carbonyl (C=O) groups is 1. The number of anilines is 1. The molecule has 1 aromatic heterocycles. The highest BCUT2D eigenvalue weighted by atomic mass is 32.2. The van der Waals surface area contributed by atoms with Crippen molar-refractivity contribution in [3.63, 3.8) is 0 Å². The van der Waals surface area contributed by atoms with Crippen LogP contribution in [0.15, 0.2) is 53.1 Å². The third-order valence-electron chi connectivity index (χ3n) is 4.40. The van der Waals surface area contributed by atoms with Crippen LogP contribution in [0.25, 0.3) is 11.4 Å². The molecule has 5 nitrogen and oxygen atoms in total. The van der Waals surface area contributed by atoms with Gasteiger partial charge in [-0.25, -0.2) is 0 Å². The summed E-state index contributed by atoms with van der Waals surface area (Å²) in [4.78, 5) is 16.7. The molecule has 1 N–H and O–H groups in total. The van der Waals surface area contributed by atoms with Crippen LogP contribution in [0.2, 0.25) is 0 Å². The molecule has 0 spiro atoms. The number of nitrogens with zero attached hydrogens (tertiary/aromatic N) is 2. The second-order valence-corrected chi connectivity index (χ2v) is 7.88. The zero-order valence-electron chi connectivity index (χ0n) is 16.4. The van der Waals surface area contributed by atoms with Crippen molar-refractivity contribution in [3.8, 4) is 11.4 Å². The number of alkyl halides is 3. The lowest BCUT2D eigenvalue weighted by Gasteiger charge is -2.15. The second kappa shape index (κ2) is 9.34. The van der Waals surface area contributed by atoms with Crippen molar-refractivity contribution in [1.29, 1.82) is 0 Å². The summed E-state index contributed by atoms with van der Waals surface area (Å²) in [6, 6.07) is 12.7. The molecule has 2 aromatic carbocycles. The Kier molecular flexibility index (Phi) is 6.81. The molecule has 0 aliphatic heterocycles. The molecule has 0 fully saturated rings. The van der Waals surface area contributed by atoms with Gasteiger partial charge in [-0.15, -0.1) is 11.8 Å². The molecule has 0 aliphatic rings. The molecule has 0 saturated heterocycles. The monoisotopic (exact) mass is 435 g/mol. The SMILES string of the molecule is CCc1ccc(-c2noc(CSC(C)C(=O)Nc3ccccc3C(F)(F)F)n2)cc1. The highest BCUT2D eigenvalue weighted by Crippen LogP contribution is 2.35. The van der Waals surface area contributed by atoms with Gasteiger partial charge in [0.25, 0.3) is 0 Å². The van der Waals surface area contributed by atoms with Crippen molar-refractivity contribution < 1.29 is 22.5 Å². The summed E-state index contributed by atoms with van der Waals surface area (Å²) in [7, 11) is 0. The molecule has 1 heterocycles. The van der Waals surface area contributed by atoms with Gasteiger partial charge in [0, 0.05) is 5.56 Å². The zero-order chi connectivity index (χ0) is 21.7. The average Bonchev–Trinajstić information content (AvgIpc) is 3.20. The molecule has 158 valence electrons. The Hall–Kier alpha value is -2.81. The summed E-state index contributed by atoms with van der Waals surface area (Å²) in [5.41, 5.74) is 0.871. The van der Waals surface area contributed by atoms with E-state index in [4.69, 9.17) is 4.52 Å². The van der Waals surface area contributed by atoms with Gasteiger partial charge in [0.05, 0.1) is 22.3 Å². The Morgan fingerprint density at radius 1 is 1.17 bits per heavy atom. The first-order chi connectivity index (χ1) is 14.3. The molecular formula is C21H20F3N3O2S. The van der Waals surface area contributed by atoms with Gasteiger partial charge in [-0.05, 0) is 31.0 Å². The lowest BCUT2D eigenvalue weighted by atomic mass is 10.1. The molecule has 30 heavy (non-hydrogen) atoms. The van der Waals surface area contributed by atoms with Crippen LogP contribution in [-0.2, 0) is 23.1 Å². The number of hydrogen-bond acceptors (Lipinski definition) is 5. The van der Waals surface area contributed by atoms with Crippen LogP contribution >= 0.6 is 11.8 Å². The predicted octanol–water partition coefficient (Wildman–Crippen LogP) is 5.58. The van der Waals surface area contributed by atoms with Crippen molar-refractivity contribution >= 4 is 23.4 Å². The van der Waals surface area contributed by atoms with E-state index in [1.165, 1.54) is 35.5 Å². The quantitative estimate of drug-likeness (QED) is 0.525. The summed E-state index contributed by atoms with van der Waals surface area (Å²) in [5.74, 6) is 0.510. The van der Waals surface area contributed by atoms with Crippen LogP contribution < -0.4 is 5.32 Å². The van der Waals surface area contributed by atoms with Crippen LogP contribution in [0.4, 0.5) is 18.9 Å². The number of amides is 1. The van der Waals surface area contributed by atoms with E-state index in [0.29, 0.717) is 11.7 Å². The van der Waals surface area contributed by atoms with E-state index in [1.807, 2.05) is 24.3 Å². The van der Waals surface area contributed by atoms with Gasteiger partial charge in [0.1, 0.15) is 0 Å². The third-order valence-corrected chi connectivity index (χ3v) is 5.53. The maximum absolute atomic E-state index is 13.1. The van der Waals surface area contributed by atoms with Crippen molar-refractivity contribution in [2.75, 3.05) is 5.32 Å². The van der Waals surface area contributed by atoms with Gasteiger partial charge >= 0.3 is 6.18 Å². The molecular weight excluding hydrogens is 415 g/mol. The lowest BCUT2D eigenvalue weighted by Crippen LogP contribution is -2.24. The fraction of sp³-hybridized carbons (Fsp3) is 0.286. The van der Waals surface area contributed by atoms with Crippen LogP contribution in [0.3, 0.4) is 0 Å². The Morgan fingerprint density at radius 2 is 1.87 bits per heavy atom. The molecule has 1 amide bonds. The summed E-state index contributed by atoms with van der Waals surface area (Å²) in [6.45, 7) is 3.68. The van der Waals surface area contributed by atoms with Crippen molar-refractivity contribution in [3.05, 3.63) is 65.5 Å². The van der Waals surface area contributed by atoms with E-state index < -0.39 is 22.9 Å². The molecule has 3 aromatic rings. The molecule has 0 aliphatic carbocycles. The number of para-hydroxylation sites is 1. The Labute approximate surface area is 176 Å². The molecule has 1 unspecified atom stereocenters. The maximum atomic E-state index is 13.1. The van der Waals surface area contributed by atoms with E-state index in [1.54, 1.807) is 6.92 Å². The fourth-order valence-electron chi connectivity index (χ4n) is 2.67. The minimum atomic E-state index is -4.55. The van der Waals surface area contributed by atoms with E-state index in [2.05, 4.69) is 22.4 Å². The minimum Gasteiger partial charge on any atom is -0.338 e. The largest absolute Gasteiger partial charge is 0.418 e. The number of benzene rings is 2. The van der Waals surface area contributed by atoms with Gasteiger partial charge in [-0.2, -0.15) is 18.2 Å². The van der Waals surface area contributed by atoms with Crippen molar-refractivity contribution in [2.24, 2.45) is 0 Å². The Morgan fingerprint density at radius 3 is 2.53 bits per heavy atom.